The van der Waals surface area contributed by atoms with E-state index < -0.39 is 42.2 Å². The minimum atomic E-state index is -1.47. The molecular weight excluding hydrogens is 354 g/mol. The Hall–Kier alpha value is -2.54. The van der Waals surface area contributed by atoms with Gasteiger partial charge in [-0.2, -0.15) is 4.98 Å². The standard InChI is InChI=1S/C14H19N3O9/c1-24-9(18)2-3-10(19)25-6-7-11(20)12(21)13(26-7)17-5-4-8(16-23)15-14(17)22/h4-5,7,11-13,20-21,23H,2-3,6H2,1H3,(H,15,16,22). The highest BCUT2D eigenvalue weighted by molar-refractivity contribution is 5.77. The highest BCUT2D eigenvalue weighted by Crippen LogP contribution is 2.28. The molecule has 1 aromatic rings. The number of aliphatic hydroxyl groups is 2. The van der Waals surface area contributed by atoms with Crippen molar-refractivity contribution < 1.29 is 39.2 Å². The zero-order chi connectivity index (χ0) is 19.3. The summed E-state index contributed by atoms with van der Waals surface area (Å²) in [5.74, 6) is -1.38. The molecule has 4 N–H and O–H groups in total. The predicted octanol–water partition coefficient (Wildman–Crippen LogP) is -1.84. The second-order valence-electron chi connectivity index (χ2n) is 5.42. The molecule has 2 heterocycles. The number of hydrogen-bond donors (Lipinski definition) is 4. The number of carbonyl (C=O) groups is 2. The monoisotopic (exact) mass is 373 g/mol. The van der Waals surface area contributed by atoms with E-state index in [0.29, 0.717) is 0 Å². The van der Waals surface area contributed by atoms with Crippen LogP contribution in [0.4, 0.5) is 5.82 Å². The lowest BCUT2D eigenvalue weighted by Crippen LogP contribution is -2.36. The van der Waals surface area contributed by atoms with E-state index in [9.17, 15) is 24.6 Å². The molecule has 1 aliphatic rings. The summed E-state index contributed by atoms with van der Waals surface area (Å²) in [5.41, 5.74) is 0.867. The maximum atomic E-state index is 11.9. The maximum absolute atomic E-state index is 11.9. The van der Waals surface area contributed by atoms with E-state index in [1.165, 1.54) is 19.4 Å². The zero-order valence-corrected chi connectivity index (χ0v) is 13.8. The van der Waals surface area contributed by atoms with Gasteiger partial charge in [0.2, 0.25) is 0 Å². The van der Waals surface area contributed by atoms with Gasteiger partial charge in [-0.1, -0.05) is 0 Å². The van der Waals surface area contributed by atoms with Crippen molar-refractivity contribution in [2.45, 2.75) is 37.4 Å². The van der Waals surface area contributed by atoms with Gasteiger partial charge in [-0.3, -0.25) is 24.8 Å². The third kappa shape index (κ3) is 4.54. The van der Waals surface area contributed by atoms with Crippen LogP contribution in [0, 0.1) is 0 Å². The van der Waals surface area contributed by atoms with Crippen molar-refractivity contribution >= 4 is 17.8 Å². The molecule has 0 aliphatic carbocycles. The molecule has 0 radical (unpaired) electrons. The van der Waals surface area contributed by atoms with E-state index in [4.69, 9.17) is 14.7 Å². The summed E-state index contributed by atoms with van der Waals surface area (Å²) < 4.78 is 15.6. The van der Waals surface area contributed by atoms with Crippen LogP contribution in [0.25, 0.3) is 0 Å². The number of carbonyl (C=O) groups excluding carboxylic acids is 2. The summed E-state index contributed by atoms with van der Waals surface area (Å²) in [6.45, 7) is -0.382. The number of esters is 2. The lowest BCUT2D eigenvalue weighted by molar-refractivity contribution is -0.153. The lowest BCUT2D eigenvalue weighted by atomic mass is 10.1. The van der Waals surface area contributed by atoms with Gasteiger partial charge in [-0.15, -0.1) is 0 Å². The molecule has 12 nitrogen and oxygen atoms in total. The molecule has 1 saturated heterocycles. The first kappa shape index (κ1) is 19.8. The average molecular weight is 373 g/mol. The largest absolute Gasteiger partial charge is 0.469 e. The van der Waals surface area contributed by atoms with Crippen LogP contribution in [-0.2, 0) is 23.8 Å². The van der Waals surface area contributed by atoms with Crippen molar-refractivity contribution in [1.29, 1.82) is 0 Å². The summed E-state index contributed by atoms with van der Waals surface area (Å²) >= 11 is 0. The molecule has 1 aromatic heterocycles. The van der Waals surface area contributed by atoms with Gasteiger partial charge in [0.25, 0.3) is 0 Å². The number of anilines is 1. The molecule has 4 unspecified atom stereocenters. The number of nitrogens with zero attached hydrogens (tertiary/aromatic N) is 2. The second-order valence-corrected chi connectivity index (χ2v) is 5.42. The minimum absolute atomic E-state index is 0.102. The Morgan fingerprint density at radius 2 is 2.00 bits per heavy atom. The number of aliphatic hydroxyl groups excluding tert-OH is 2. The highest BCUT2D eigenvalue weighted by atomic mass is 16.6. The zero-order valence-electron chi connectivity index (χ0n) is 13.8. The van der Waals surface area contributed by atoms with Gasteiger partial charge < -0.3 is 24.4 Å². The summed E-state index contributed by atoms with van der Waals surface area (Å²) in [6, 6.07) is 1.25. The van der Waals surface area contributed by atoms with Crippen LogP contribution in [0.5, 0.6) is 0 Å². The molecule has 1 fully saturated rings. The predicted molar refractivity (Wildman–Crippen MR) is 82.0 cm³/mol. The molecule has 1 aliphatic heterocycles. The first-order valence-electron chi connectivity index (χ1n) is 7.60. The van der Waals surface area contributed by atoms with Crippen LogP contribution in [0.3, 0.4) is 0 Å². The molecule has 26 heavy (non-hydrogen) atoms. The Morgan fingerprint density at radius 3 is 2.62 bits per heavy atom. The quantitative estimate of drug-likeness (QED) is 0.313. The minimum Gasteiger partial charge on any atom is -0.469 e. The molecule has 2 rings (SSSR count). The summed E-state index contributed by atoms with van der Waals surface area (Å²) in [5, 5.41) is 28.8. The Balaban J connectivity index is 1.96. The van der Waals surface area contributed by atoms with E-state index in [0.717, 1.165) is 4.57 Å². The van der Waals surface area contributed by atoms with E-state index in [-0.39, 0.29) is 25.3 Å². The Kier molecular flexibility index (Phi) is 6.63. The van der Waals surface area contributed by atoms with Crippen LogP contribution >= 0.6 is 0 Å². The lowest BCUT2D eigenvalue weighted by Gasteiger charge is -2.17. The van der Waals surface area contributed by atoms with Crippen LogP contribution in [0.1, 0.15) is 19.1 Å². The van der Waals surface area contributed by atoms with Crippen molar-refractivity contribution in [3.63, 3.8) is 0 Å². The Morgan fingerprint density at radius 1 is 1.31 bits per heavy atom. The van der Waals surface area contributed by atoms with E-state index in [2.05, 4.69) is 9.72 Å². The fraction of sp³-hybridized carbons (Fsp3) is 0.571. The van der Waals surface area contributed by atoms with Crippen molar-refractivity contribution in [3.8, 4) is 0 Å². The van der Waals surface area contributed by atoms with Crippen molar-refractivity contribution in [2.75, 3.05) is 19.2 Å². The third-order valence-electron chi connectivity index (χ3n) is 3.73. The molecule has 0 aromatic carbocycles. The average Bonchev–Trinajstić information content (AvgIpc) is 2.92. The van der Waals surface area contributed by atoms with Crippen LogP contribution < -0.4 is 11.2 Å². The molecule has 0 saturated carbocycles. The Labute approximate surface area is 146 Å². The van der Waals surface area contributed by atoms with Gasteiger partial charge in [-0.25, -0.2) is 4.79 Å². The van der Waals surface area contributed by atoms with Gasteiger partial charge in [0.05, 0.1) is 20.0 Å². The number of hydrogen-bond acceptors (Lipinski definition) is 11. The SMILES string of the molecule is COC(=O)CCC(=O)OCC1OC(n2ccc(NO)nc2=O)C(O)C1O. The first-order valence-corrected chi connectivity index (χ1v) is 7.60. The van der Waals surface area contributed by atoms with E-state index in [1.807, 2.05) is 0 Å². The highest BCUT2D eigenvalue weighted by Gasteiger charge is 2.44. The molecule has 0 bridgehead atoms. The number of methoxy groups -OCH3 is 1. The van der Waals surface area contributed by atoms with Crippen molar-refractivity contribution in [3.05, 3.63) is 22.7 Å². The van der Waals surface area contributed by atoms with Crippen LogP contribution in [0.15, 0.2) is 17.1 Å². The van der Waals surface area contributed by atoms with Crippen LogP contribution in [-0.4, -0.2) is 68.9 Å². The van der Waals surface area contributed by atoms with E-state index >= 15 is 0 Å². The number of aromatic nitrogens is 2. The number of ether oxygens (including phenoxy) is 3. The topological polar surface area (TPSA) is 169 Å². The number of nitrogens with one attached hydrogen (secondary N) is 1. The fourth-order valence-electron chi connectivity index (χ4n) is 2.32. The molecule has 12 heteroatoms. The number of rotatable bonds is 7. The summed E-state index contributed by atoms with van der Waals surface area (Å²) in [6.07, 6.45) is -4.38. The molecular formula is C14H19N3O9. The molecule has 0 spiro atoms. The van der Waals surface area contributed by atoms with Crippen molar-refractivity contribution in [2.24, 2.45) is 0 Å². The van der Waals surface area contributed by atoms with Crippen molar-refractivity contribution in [1.82, 2.24) is 9.55 Å². The van der Waals surface area contributed by atoms with Gasteiger partial charge in [0.1, 0.15) is 24.9 Å². The fourth-order valence-corrected chi connectivity index (χ4v) is 2.32. The Bertz CT molecular complexity index is 707. The van der Waals surface area contributed by atoms with Gasteiger partial charge in [-0.05, 0) is 6.07 Å². The van der Waals surface area contributed by atoms with Gasteiger partial charge in [0, 0.05) is 6.20 Å². The normalized spacial score (nSPS) is 24.9. The smallest absolute Gasteiger partial charge is 0.351 e. The molecule has 144 valence electrons. The maximum Gasteiger partial charge on any atom is 0.351 e. The summed E-state index contributed by atoms with van der Waals surface area (Å²) in [7, 11) is 1.19. The van der Waals surface area contributed by atoms with Crippen LogP contribution in [0.2, 0.25) is 0 Å². The van der Waals surface area contributed by atoms with E-state index in [1.54, 1.807) is 5.48 Å². The second kappa shape index (κ2) is 8.71. The molecule has 4 atom stereocenters. The van der Waals surface area contributed by atoms with Gasteiger partial charge >= 0.3 is 17.6 Å². The van der Waals surface area contributed by atoms with Gasteiger partial charge in [0.15, 0.2) is 12.0 Å². The third-order valence-corrected chi connectivity index (χ3v) is 3.73. The first-order chi connectivity index (χ1) is 12.4. The summed E-state index contributed by atoms with van der Waals surface area (Å²) in [4.78, 5) is 37.9. The molecule has 0 amide bonds.